The first kappa shape index (κ1) is 14.0. The number of aryl methyl sites for hydroxylation is 2. The molecule has 0 bridgehead atoms. The first-order chi connectivity index (χ1) is 9.38. The number of hydrogen-bond acceptors (Lipinski definition) is 4. The molecule has 0 spiro atoms. The lowest BCUT2D eigenvalue weighted by atomic mass is 10.2. The molecule has 1 heterocycles. The van der Waals surface area contributed by atoms with E-state index in [4.69, 9.17) is 11.6 Å². The summed E-state index contributed by atoms with van der Waals surface area (Å²) in [7, 11) is 1.51. The maximum atomic E-state index is 12.1. The molecule has 20 heavy (non-hydrogen) atoms. The van der Waals surface area contributed by atoms with Crippen LogP contribution in [0.25, 0.3) is 0 Å². The van der Waals surface area contributed by atoms with Gasteiger partial charge in [0, 0.05) is 17.8 Å². The Morgan fingerprint density at radius 3 is 2.85 bits per heavy atom. The summed E-state index contributed by atoms with van der Waals surface area (Å²) in [5, 5.41) is 17.7. The van der Waals surface area contributed by atoms with Crippen molar-refractivity contribution in [3.05, 3.63) is 50.8 Å². The van der Waals surface area contributed by atoms with Crippen molar-refractivity contribution in [1.29, 1.82) is 0 Å². The minimum atomic E-state index is -0.650. The number of carbonyl (C=O) groups is 1. The number of hydrogen-bond donors (Lipinski definition) is 1. The second-order valence-corrected chi connectivity index (χ2v) is 4.64. The molecule has 0 saturated carbocycles. The predicted octanol–water partition coefficient (Wildman–Crippen LogP) is 2.54. The molecule has 0 aliphatic rings. The van der Waals surface area contributed by atoms with Crippen molar-refractivity contribution in [2.24, 2.45) is 7.05 Å². The number of halogens is 1. The zero-order chi connectivity index (χ0) is 14.9. The van der Waals surface area contributed by atoms with Gasteiger partial charge in [-0.25, -0.2) is 0 Å². The number of carbonyl (C=O) groups excluding carboxylic acids is 1. The van der Waals surface area contributed by atoms with E-state index in [1.54, 1.807) is 25.1 Å². The maximum absolute atomic E-state index is 12.1. The van der Waals surface area contributed by atoms with Crippen molar-refractivity contribution in [1.82, 2.24) is 9.78 Å². The van der Waals surface area contributed by atoms with E-state index in [1.165, 1.54) is 17.9 Å². The molecule has 0 saturated heterocycles. The van der Waals surface area contributed by atoms with Gasteiger partial charge in [0.15, 0.2) is 0 Å². The molecule has 1 amide bonds. The van der Waals surface area contributed by atoms with Gasteiger partial charge in [-0.3, -0.25) is 19.6 Å². The summed E-state index contributed by atoms with van der Waals surface area (Å²) < 4.78 is 1.22. The fourth-order valence-corrected chi connectivity index (χ4v) is 1.85. The standard InChI is InChI=1S/C12H11ClN4O3/c1-7-3-4-8(13)5-9(7)14-12(18)11-10(17(19)20)6-16(2)15-11/h3-6H,1-2H3,(H,14,18). The van der Waals surface area contributed by atoms with Crippen molar-refractivity contribution < 1.29 is 9.72 Å². The highest BCUT2D eigenvalue weighted by Gasteiger charge is 2.25. The van der Waals surface area contributed by atoms with Crippen LogP contribution in [0, 0.1) is 17.0 Å². The Bertz CT molecular complexity index is 696. The number of rotatable bonds is 3. The predicted molar refractivity (Wildman–Crippen MR) is 74.0 cm³/mol. The minimum absolute atomic E-state index is 0.239. The summed E-state index contributed by atoms with van der Waals surface area (Å²) in [6.07, 6.45) is 1.18. The molecule has 8 heteroatoms. The van der Waals surface area contributed by atoms with Gasteiger partial charge in [0.25, 0.3) is 5.91 Å². The highest BCUT2D eigenvalue weighted by atomic mass is 35.5. The molecule has 0 radical (unpaired) electrons. The van der Waals surface area contributed by atoms with Gasteiger partial charge in [-0.2, -0.15) is 5.10 Å². The largest absolute Gasteiger partial charge is 0.320 e. The molecular formula is C12H11ClN4O3. The Hall–Kier alpha value is -2.41. The zero-order valence-electron chi connectivity index (χ0n) is 10.8. The number of nitro groups is 1. The molecule has 0 aliphatic heterocycles. The zero-order valence-corrected chi connectivity index (χ0v) is 11.5. The van der Waals surface area contributed by atoms with E-state index in [2.05, 4.69) is 10.4 Å². The molecule has 1 N–H and O–H groups in total. The molecule has 1 aromatic heterocycles. The highest BCUT2D eigenvalue weighted by molar-refractivity contribution is 6.31. The lowest BCUT2D eigenvalue weighted by molar-refractivity contribution is -0.385. The van der Waals surface area contributed by atoms with Crippen LogP contribution in [0.5, 0.6) is 0 Å². The van der Waals surface area contributed by atoms with Gasteiger partial charge in [0.05, 0.1) is 4.92 Å². The number of amides is 1. The van der Waals surface area contributed by atoms with E-state index in [0.29, 0.717) is 10.7 Å². The summed E-state index contributed by atoms with van der Waals surface area (Å²) in [5.74, 6) is -0.650. The van der Waals surface area contributed by atoms with Crippen LogP contribution >= 0.6 is 11.6 Å². The van der Waals surface area contributed by atoms with E-state index >= 15 is 0 Å². The van der Waals surface area contributed by atoms with Crippen molar-refractivity contribution in [2.75, 3.05) is 5.32 Å². The number of nitrogens with zero attached hydrogens (tertiary/aromatic N) is 3. The summed E-state index contributed by atoms with van der Waals surface area (Å²) >= 11 is 5.85. The van der Waals surface area contributed by atoms with Crippen LogP contribution in [0.3, 0.4) is 0 Å². The average molecular weight is 295 g/mol. The van der Waals surface area contributed by atoms with E-state index in [0.717, 1.165) is 5.56 Å². The second-order valence-electron chi connectivity index (χ2n) is 4.21. The molecule has 2 rings (SSSR count). The topological polar surface area (TPSA) is 90.1 Å². The molecule has 0 atom stereocenters. The quantitative estimate of drug-likeness (QED) is 0.695. The number of nitrogens with one attached hydrogen (secondary N) is 1. The van der Waals surface area contributed by atoms with Gasteiger partial charge in [0.1, 0.15) is 6.20 Å². The van der Waals surface area contributed by atoms with E-state index < -0.39 is 10.8 Å². The highest BCUT2D eigenvalue weighted by Crippen LogP contribution is 2.22. The molecule has 0 unspecified atom stereocenters. The summed E-state index contributed by atoms with van der Waals surface area (Å²) in [6.45, 7) is 1.79. The monoisotopic (exact) mass is 294 g/mol. The molecule has 2 aromatic rings. The number of aromatic nitrogens is 2. The fourth-order valence-electron chi connectivity index (χ4n) is 1.68. The van der Waals surface area contributed by atoms with Crippen LogP contribution in [-0.2, 0) is 7.05 Å². The molecule has 1 aromatic carbocycles. The molecule has 104 valence electrons. The van der Waals surface area contributed by atoms with E-state index in [1.807, 2.05) is 0 Å². The third-order valence-corrected chi connectivity index (χ3v) is 2.90. The van der Waals surface area contributed by atoms with Gasteiger partial charge >= 0.3 is 5.69 Å². The molecule has 7 nitrogen and oxygen atoms in total. The summed E-state index contributed by atoms with van der Waals surface area (Å²) in [6, 6.07) is 5.00. The van der Waals surface area contributed by atoms with Gasteiger partial charge < -0.3 is 5.32 Å². The minimum Gasteiger partial charge on any atom is -0.320 e. The van der Waals surface area contributed by atoms with E-state index in [-0.39, 0.29) is 11.4 Å². The van der Waals surface area contributed by atoms with Crippen LogP contribution in [0.1, 0.15) is 16.1 Å². The third kappa shape index (κ3) is 2.77. The maximum Gasteiger partial charge on any atom is 0.320 e. The van der Waals surface area contributed by atoms with Crippen molar-refractivity contribution in [3.63, 3.8) is 0 Å². The first-order valence-electron chi connectivity index (χ1n) is 5.64. The Labute approximate surface area is 119 Å². The van der Waals surface area contributed by atoms with Crippen molar-refractivity contribution >= 4 is 28.9 Å². The molecular weight excluding hydrogens is 284 g/mol. The Balaban J connectivity index is 2.33. The molecule has 0 fully saturated rings. The van der Waals surface area contributed by atoms with Gasteiger partial charge in [-0.15, -0.1) is 0 Å². The number of anilines is 1. The van der Waals surface area contributed by atoms with E-state index in [9.17, 15) is 14.9 Å². The van der Waals surface area contributed by atoms with Crippen LogP contribution in [0.15, 0.2) is 24.4 Å². The van der Waals surface area contributed by atoms with Gasteiger partial charge in [-0.1, -0.05) is 17.7 Å². The summed E-state index contributed by atoms with van der Waals surface area (Å²) in [4.78, 5) is 22.3. The van der Waals surface area contributed by atoms with Crippen molar-refractivity contribution in [2.45, 2.75) is 6.92 Å². The van der Waals surface area contributed by atoms with Gasteiger partial charge in [-0.05, 0) is 24.6 Å². The van der Waals surface area contributed by atoms with Crippen LogP contribution in [0.4, 0.5) is 11.4 Å². The van der Waals surface area contributed by atoms with Crippen LogP contribution in [-0.4, -0.2) is 20.6 Å². The Morgan fingerprint density at radius 2 is 2.20 bits per heavy atom. The van der Waals surface area contributed by atoms with Crippen LogP contribution in [0.2, 0.25) is 5.02 Å². The third-order valence-electron chi connectivity index (χ3n) is 2.67. The molecule has 0 aliphatic carbocycles. The average Bonchev–Trinajstić information content (AvgIpc) is 2.76. The normalized spacial score (nSPS) is 10.3. The fraction of sp³-hybridized carbons (Fsp3) is 0.167. The number of benzene rings is 1. The lowest BCUT2D eigenvalue weighted by Crippen LogP contribution is -2.15. The van der Waals surface area contributed by atoms with Crippen molar-refractivity contribution in [3.8, 4) is 0 Å². The van der Waals surface area contributed by atoms with Gasteiger partial charge in [0.2, 0.25) is 5.69 Å². The first-order valence-corrected chi connectivity index (χ1v) is 6.02. The Kier molecular flexibility index (Phi) is 3.71. The van der Waals surface area contributed by atoms with Crippen LogP contribution < -0.4 is 5.32 Å². The Morgan fingerprint density at radius 1 is 1.50 bits per heavy atom. The SMILES string of the molecule is Cc1ccc(Cl)cc1NC(=O)c1nn(C)cc1[N+](=O)[O-]. The lowest BCUT2D eigenvalue weighted by Gasteiger charge is -2.07. The summed E-state index contributed by atoms with van der Waals surface area (Å²) in [5.41, 5.74) is 0.699. The smallest absolute Gasteiger partial charge is 0.320 e. The second kappa shape index (κ2) is 5.30.